The molecule has 0 bridgehead atoms. The van der Waals surface area contributed by atoms with Crippen LogP contribution in [0.4, 0.5) is 0 Å². The van der Waals surface area contributed by atoms with Crippen LogP contribution in [0, 0.1) is 13.8 Å². The Morgan fingerprint density at radius 1 is 1.10 bits per heavy atom. The Kier molecular flexibility index (Phi) is 5.86. The maximum absolute atomic E-state index is 12.9. The van der Waals surface area contributed by atoms with E-state index in [-0.39, 0.29) is 10.8 Å². The lowest BCUT2D eigenvalue weighted by molar-refractivity contribution is 0.0784. The number of carbonyl (C=O) groups excluding carboxylic acids is 1. The maximum atomic E-state index is 12.9. The summed E-state index contributed by atoms with van der Waals surface area (Å²) in [5.41, 5.74) is 4.04. The monoisotopic (exact) mass is 412 g/mol. The molecule has 8 heteroatoms. The van der Waals surface area contributed by atoms with E-state index in [1.807, 2.05) is 48.9 Å². The molecule has 0 saturated heterocycles. The molecule has 0 fully saturated rings. The minimum Gasteiger partial charge on any atom is -0.337 e. The van der Waals surface area contributed by atoms with Crippen LogP contribution in [0.3, 0.4) is 0 Å². The third-order valence-electron chi connectivity index (χ3n) is 4.84. The molecule has 3 rings (SSSR count). The quantitative estimate of drug-likeness (QED) is 0.675. The number of aromatic nitrogens is 2. The number of para-hydroxylation sites is 1. The van der Waals surface area contributed by atoms with Gasteiger partial charge < -0.3 is 4.90 Å². The smallest absolute Gasteiger partial charge is 0.253 e. The number of carbonyl (C=O) groups is 1. The van der Waals surface area contributed by atoms with Crippen LogP contribution < -0.4 is 4.72 Å². The summed E-state index contributed by atoms with van der Waals surface area (Å²) < 4.78 is 28.2. The lowest BCUT2D eigenvalue weighted by Crippen LogP contribution is -2.27. The van der Waals surface area contributed by atoms with Gasteiger partial charge in [-0.15, -0.1) is 0 Å². The molecule has 0 unspecified atom stereocenters. The minimum absolute atomic E-state index is 0.0588. The van der Waals surface area contributed by atoms with Gasteiger partial charge in [0.05, 0.1) is 16.3 Å². The molecule has 1 N–H and O–H groups in total. The van der Waals surface area contributed by atoms with Gasteiger partial charge in [-0.05, 0) is 51.2 Å². The molecule has 0 aliphatic heterocycles. The summed E-state index contributed by atoms with van der Waals surface area (Å²) >= 11 is 0. The predicted molar refractivity (Wildman–Crippen MR) is 112 cm³/mol. The van der Waals surface area contributed by atoms with E-state index in [0.717, 1.165) is 22.6 Å². The van der Waals surface area contributed by atoms with Gasteiger partial charge in [-0.1, -0.05) is 24.3 Å². The molecule has 1 heterocycles. The number of benzene rings is 2. The van der Waals surface area contributed by atoms with Crippen molar-refractivity contribution in [3.63, 3.8) is 0 Å². The number of hydrogen-bond donors (Lipinski definition) is 1. The molecule has 0 radical (unpaired) electrons. The Morgan fingerprint density at radius 3 is 2.45 bits per heavy atom. The lowest BCUT2D eigenvalue weighted by atomic mass is 10.1. The Hall–Kier alpha value is -2.97. The van der Waals surface area contributed by atoms with E-state index < -0.39 is 10.0 Å². The second-order valence-electron chi connectivity index (χ2n) is 6.79. The highest BCUT2D eigenvalue weighted by molar-refractivity contribution is 7.89. The van der Waals surface area contributed by atoms with Crippen molar-refractivity contribution < 1.29 is 13.2 Å². The van der Waals surface area contributed by atoms with E-state index in [0.29, 0.717) is 12.1 Å². The Balaban J connectivity index is 1.86. The van der Waals surface area contributed by atoms with Crippen LogP contribution in [-0.2, 0) is 16.6 Å². The fraction of sp³-hybridized carbons (Fsp3) is 0.238. The normalized spacial score (nSPS) is 11.4. The van der Waals surface area contributed by atoms with E-state index in [1.54, 1.807) is 24.1 Å². The predicted octanol–water partition coefficient (Wildman–Crippen LogP) is 2.67. The summed E-state index contributed by atoms with van der Waals surface area (Å²) in [5, 5.41) is 4.61. The summed E-state index contributed by atoms with van der Waals surface area (Å²) in [6.07, 6.45) is 0. The zero-order valence-electron chi connectivity index (χ0n) is 16.9. The lowest BCUT2D eigenvalue weighted by Gasteiger charge is -2.18. The molecule has 0 atom stereocenters. The van der Waals surface area contributed by atoms with Crippen molar-refractivity contribution >= 4 is 15.9 Å². The third kappa shape index (κ3) is 4.23. The van der Waals surface area contributed by atoms with Crippen molar-refractivity contribution in [1.82, 2.24) is 19.4 Å². The maximum Gasteiger partial charge on any atom is 0.253 e. The number of nitrogens with one attached hydrogen (secondary N) is 1. The molecular formula is C21H24N4O3S. The number of rotatable bonds is 6. The van der Waals surface area contributed by atoms with Gasteiger partial charge in [0.1, 0.15) is 0 Å². The zero-order valence-corrected chi connectivity index (χ0v) is 17.7. The Labute approximate surface area is 171 Å². The molecule has 1 amide bonds. The highest BCUT2D eigenvalue weighted by Gasteiger charge is 2.20. The first kappa shape index (κ1) is 20.8. The molecular weight excluding hydrogens is 388 g/mol. The van der Waals surface area contributed by atoms with Crippen molar-refractivity contribution in [1.29, 1.82) is 0 Å². The summed E-state index contributed by atoms with van der Waals surface area (Å²) in [5.74, 6) is -0.260. The SMILES string of the molecule is CNS(=O)(=O)c1cccc(C(=O)N(C)Cc2c(C)nn(-c3ccccc3)c2C)c1. The number of aryl methyl sites for hydroxylation is 1. The molecule has 3 aromatic rings. The van der Waals surface area contributed by atoms with Crippen LogP contribution in [-0.4, -0.2) is 43.1 Å². The molecule has 152 valence electrons. The number of amides is 1. The molecule has 0 saturated carbocycles. The second kappa shape index (κ2) is 8.18. The van der Waals surface area contributed by atoms with Crippen molar-refractivity contribution in [2.24, 2.45) is 0 Å². The van der Waals surface area contributed by atoms with Crippen LogP contribution in [0.5, 0.6) is 0 Å². The van der Waals surface area contributed by atoms with E-state index in [1.165, 1.54) is 19.2 Å². The van der Waals surface area contributed by atoms with E-state index in [9.17, 15) is 13.2 Å². The Morgan fingerprint density at radius 2 is 1.79 bits per heavy atom. The largest absolute Gasteiger partial charge is 0.337 e. The van der Waals surface area contributed by atoms with E-state index in [4.69, 9.17) is 0 Å². The highest BCUT2D eigenvalue weighted by atomic mass is 32.2. The van der Waals surface area contributed by atoms with Gasteiger partial charge >= 0.3 is 0 Å². The minimum atomic E-state index is -3.61. The van der Waals surface area contributed by atoms with Crippen LogP contribution in [0.25, 0.3) is 5.69 Å². The summed E-state index contributed by atoms with van der Waals surface area (Å²) in [6, 6.07) is 15.8. The van der Waals surface area contributed by atoms with Gasteiger partial charge in [0.15, 0.2) is 0 Å². The van der Waals surface area contributed by atoms with Crippen LogP contribution in [0.15, 0.2) is 59.5 Å². The van der Waals surface area contributed by atoms with Gasteiger partial charge in [0, 0.05) is 30.4 Å². The first-order chi connectivity index (χ1) is 13.7. The fourth-order valence-corrected chi connectivity index (χ4v) is 3.94. The second-order valence-corrected chi connectivity index (χ2v) is 8.68. The average Bonchev–Trinajstić information content (AvgIpc) is 3.02. The van der Waals surface area contributed by atoms with Crippen LogP contribution >= 0.6 is 0 Å². The number of hydrogen-bond acceptors (Lipinski definition) is 4. The number of nitrogens with zero attached hydrogens (tertiary/aromatic N) is 3. The number of sulfonamides is 1. The summed E-state index contributed by atoms with van der Waals surface area (Å²) in [6.45, 7) is 4.26. The molecule has 0 spiro atoms. The van der Waals surface area contributed by atoms with Crippen molar-refractivity contribution in [2.45, 2.75) is 25.3 Å². The molecule has 1 aromatic heterocycles. The van der Waals surface area contributed by atoms with Gasteiger partial charge in [-0.2, -0.15) is 5.10 Å². The van der Waals surface area contributed by atoms with E-state index in [2.05, 4.69) is 9.82 Å². The first-order valence-electron chi connectivity index (χ1n) is 9.14. The molecule has 7 nitrogen and oxygen atoms in total. The summed E-state index contributed by atoms with van der Waals surface area (Å²) in [7, 11) is -0.580. The van der Waals surface area contributed by atoms with Crippen molar-refractivity contribution in [2.75, 3.05) is 14.1 Å². The van der Waals surface area contributed by atoms with Gasteiger partial charge in [0.2, 0.25) is 10.0 Å². The zero-order chi connectivity index (χ0) is 21.2. The van der Waals surface area contributed by atoms with Crippen LogP contribution in [0.2, 0.25) is 0 Å². The average molecular weight is 413 g/mol. The summed E-state index contributed by atoms with van der Waals surface area (Å²) in [4.78, 5) is 14.5. The molecule has 0 aliphatic carbocycles. The third-order valence-corrected chi connectivity index (χ3v) is 6.26. The van der Waals surface area contributed by atoms with Gasteiger partial charge in [0.25, 0.3) is 5.91 Å². The fourth-order valence-electron chi connectivity index (χ4n) is 3.17. The first-order valence-corrected chi connectivity index (χ1v) is 10.6. The van der Waals surface area contributed by atoms with Crippen molar-refractivity contribution in [3.8, 4) is 5.69 Å². The molecule has 29 heavy (non-hydrogen) atoms. The van der Waals surface area contributed by atoms with Crippen LogP contribution in [0.1, 0.15) is 27.3 Å². The topological polar surface area (TPSA) is 84.3 Å². The molecule has 0 aliphatic rings. The van der Waals surface area contributed by atoms with Gasteiger partial charge in [-0.25, -0.2) is 17.8 Å². The highest BCUT2D eigenvalue weighted by Crippen LogP contribution is 2.20. The standard InChI is InChI=1S/C21H24N4O3S/c1-15-20(16(2)25(23-15)18-10-6-5-7-11-18)14-24(4)21(26)17-9-8-12-19(13-17)29(27,28)22-3/h5-13,22H,14H2,1-4H3. The van der Waals surface area contributed by atoms with Crippen molar-refractivity contribution in [3.05, 3.63) is 77.1 Å². The van der Waals surface area contributed by atoms with Gasteiger partial charge in [-0.3, -0.25) is 4.79 Å². The Bertz CT molecular complexity index is 1140. The molecule has 2 aromatic carbocycles. The van der Waals surface area contributed by atoms with E-state index >= 15 is 0 Å².